The molecular formula is C40H32F2IO2+. The predicted octanol–water partition coefficient (Wildman–Crippen LogP) is 6.43. The Morgan fingerprint density at radius 1 is 0.422 bits per heavy atom. The minimum absolute atomic E-state index is 0.244. The Bertz CT molecular complexity index is 1690. The summed E-state index contributed by atoms with van der Waals surface area (Å²) in [6.07, 6.45) is 1.29. The van der Waals surface area contributed by atoms with Crippen molar-refractivity contribution < 1.29 is 39.5 Å². The molecule has 0 amide bonds. The van der Waals surface area contributed by atoms with E-state index in [2.05, 4.69) is 60.7 Å². The first-order chi connectivity index (χ1) is 22.1. The van der Waals surface area contributed by atoms with Gasteiger partial charge in [0, 0.05) is 24.0 Å². The predicted molar refractivity (Wildman–Crippen MR) is 170 cm³/mol. The van der Waals surface area contributed by atoms with Crippen LogP contribution in [0.1, 0.15) is 33.4 Å². The van der Waals surface area contributed by atoms with E-state index in [1.54, 1.807) is 0 Å². The maximum absolute atomic E-state index is 13.6. The molecule has 0 N–H and O–H groups in total. The number of rotatable bonds is 12. The molecule has 0 aliphatic heterocycles. The summed E-state index contributed by atoms with van der Waals surface area (Å²) >= 11 is -0.533. The summed E-state index contributed by atoms with van der Waals surface area (Å²) in [5, 5.41) is 0. The maximum Gasteiger partial charge on any atom is 0.357 e. The molecule has 6 aromatic rings. The minimum Gasteiger partial charge on any atom is -0.489 e. The first-order valence-corrected chi connectivity index (χ1v) is 17.0. The van der Waals surface area contributed by atoms with Crippen LogP contribution in [0.3, 0.4) is 0 Å². The maximum atomic E-state index is 13.6. The Morgan fingerprint density at radius 3 is 1.22 bits per heavy atom. The van der Waals surface area contributed by atoms with Crippen molar-refractivity contribution in [2.75, 3.05) is 0 Å². The Kier molecular flexibility index (Phi) is 10.2. The van der Waals surface area contributed by atoms with Crippen LogP contribution in [0, 0.1) is 18.8 Å². The van der Waals surface area contributed by atoms with Gasteiger partial charge in [0.2, 0.25) is 0 Å². The Labute approximate surface area is 273 Å². The number of benzene rings is 6. The SMILES string of the molecule is Fc1ccc(Cc2cc([I+]c3ccc(OCc4ccccc4)c(Cc4ccc(F)cc4)c3)ccc2OCc2ccccc2)cc1. The molecule has 5 heteroatoms. The highest BCUT2D eigenvalue weighted by molar-refractivity contribution is 5.39. The Morgan fingerprint density at radius 2 is 0.822 bits per heavy atom. The van der Waals surface area contributed by atoms with Crippen LogP contribution in [0.4, 0.5) is 8.78 Å². The molecule has 0 radical (unpaired) electrons. The lowest BCUT2D eigenvalue weighted by atomic mass is 10.0. The molecule has 0 saturated heterocycles. The quantitative estimate of drug-likeness (QED) is 0.137. The highest BCUT2D eigenvalue weighted by atomic mass is 127. The van der Waals surface area contributed by atoms with Crippen LogP contribution in [-0.2, 0) is 26.1 Å². The van der Waals surface area contributed by atoms with Gasteiger partial charge >= 0.3 is 21.2 Å². The molecule has 0 fully saturated rings. The summed E-state index contributed by atoms with van der Waals surface area (Å²) in [4.78, 5) is 0. The van der Waals surface area contributed by atoms with Crippen LogP contribution in [0.2, 0.25) is 0 Å². The van der Waals surface area contributed by atoms with Gasteiger partial charge in [-0.3, -0.25) is 0 Å². The summed E-state index contributed by atoms with van der Waals surface area (Å²) in [6, 6.07) is 46.4. The molecule has 0 atom stereocenters. The molecule has 0 saturated carbocycles. The fourth-order valence-corrected chi connectivity index (χ4v) is 7.51. The summed E-state index contributed by atoms with van der Waals surface area (Å²) in [5.41, 5.74) is 6.40. The van der Waals surface area contributed by atoms with Gasteiger partial charge in [0.15, 0.2) is 7.14 Å². The van der Waals surface area contributed by atoms with Gasteiger partial charge < -0.3 is 9.47 Å². The van der Waals surface area contributed by atoms with Crippen molar-refractivity contribution in [3.63, 3.8) is 0 Å². The molecule has 2 nitrogen and oxygen atoms in total. The first-order valence-electron chi connectivity index (χ1n) is 14.8. The molecule has 6 rings (SSSR count). The van der Waals surface area contributed by atoms with Gasteiger partial charge in [0.1, 0.15) is 36.3 Å². The van der Waals surface area contributed by atoms with E-state index >= 15 is 0 Å². The van der Waals surface area contributed by atoms with Crippen LogP contribution in [0.15, 0.2) is 146 Å². The van der Waals surface area contributed by atoms with Gasteiger partial charge in [-0.25, -0.2) is 8.78 Å². The normalized spacial score (nSPS) is 10.9. The molecule has 0 aromatic heterocycles. The van der Waals surface area contributed by atoms with Crippen LogP contribution < -0.4 is 30.7 Å². The molecule has 6 aromatic carbocycles. The van der Waals surface area contributed by atoms with E-state index in [1.165, 1.54) is 31.4 Å². The van der Waals surface area contributed by atoms with Crippen molar-refractivity contribution in [1.82, 2.24) is 0 Å². The summed E-state index contributed by atoms with van der Waals surface area (Å²) < 4.78 is 42.3. The zero-order chi connectivity index (χ0) is 30.8. The van der Waals surface area contributed by atoms with Crippen LogP contribution in [-0.4, -0.2) is 0 Å². The molecular weight excluding hydrogens is 677 g/mol. The molecule has 0 heterocycles. The number of halogens is 3. The molecule has 0 bridgehead atoms. The molecule has 0 aliphatic rings. The van der Waals surface area contributed by atoms with Crippen molar-refractivity contribution in [2.45, 2.75) is 26.1 Å². The number of hydrogen-bond acceptors (Lipinski definition) is 2. The monoisotopic (exact) mass is 709 g/mol. The van der Waals surface area contributed by atoms with E-state index in [1.807, 2.05) is 60.7 Å². The molecule has 224 valence electrons. The van der Waals surface area contributed by atoms with E-state index in [0.29, 0.717) is 26.1 Å². The van der Waals surface area contributed by atoms with Crippen molar-refractivity contribution in [3.05, 3.63) is 198 Å². The van der Waals surface area contributed by atoms with Gasteiger partial charge in [-0.1, -0.05) is 84.9 Å². The van der Waals surface area contributed by atoms with Crippen molar-refractivity contribution in [3.8, 4) is 11.5 Å². The van der Waals surface area contributed by atoms with Gasteiger partial charge in [-0.15, -0.1) is 0 Å². The second kappa shape index (κ2) is 15.0. The van der Waals surface area contributed by atoms with E-state index in [0.717, 1.165) is 44.9 Å². The lowest BCUT2D eigenvalue weighted by Gasteiger charge is -2.13. The number of hydrogen-bond donors (Lipinski definition) is 0. The Hall–Kier alpha value is -4.49. The molecule has 0 spiro atoms. The van der Waals surface area contributed by atoms with Crippen molar-refractivity contribution in [1.29, 1.82) is 0 Å². The standard InChI is InChI=1S/C40H32F2IO2/c41-35-15-11-29(12-16-35)23-33-25-37(19-21-39(33)44-27-31-7-3-1-4-8-31)43-38-20-22-40(45-28-32-9-5-2-6-10-32)34(26-38)24-30-13-17-36(42)18-14-30/h1-22,25-26H,23-24,27-28H2/q+1. The third kappa shape index (κ3) is 8.79. The van der Waals surface area contributed by atoms with E-state index in [-0.39, 0.29) is 11.6 Å². The van der Waals surface area contributed by atoms with Crippen LogP contribution >= 0.6 is 0 Å². The molecule has 45 heavy (non-hydrogen) atoms. The van der Waals surface area contributed by atoms with Gasteiger partial charge in [0.05, 0.1) is 0 Å². The third-order valence-electron chi connectivity index (χ3n) is 7.35. The number of ether oxygens (including phenoxy) is 2. The average molecular weight is 710 g/mol. The summed E-state index contributed by atoms with van der Waals surface area (Å²) in [7, 11) is 0. The topological polar surface area (TPSA) is 18.5 Å². The first kappa shape index (κ1) is 30.5. The second-order valence-electron chi connectivity index (χ2n) is 10.8. The van der Waals surface area contributed by atoms with Crippen molar-refractivity contribution >= 4 is 0 Å². The second-order valence-corrected chi connectivity index (χ2v) is 13.8. The van der Waals surface area contributed by atoms with Crippen LogP contribution in [0.25, 0.3) is 0 Å². The lowest BCUT2D eigenvalue weighted by molar-refractivity contribution is -0.597. The zero-order valence-electron chi connectivity index (χ0n) is 24.6. The third-order valence-corrected chi connectivity index (χ3v) is 9.94. The fraction of sp³-hybridized carbons (Fsp3) is 0.100. The fourth-order valence-electron chi connectivity index (χ4n) is 5.01. The Balaban J connectivity index is 1.26. The average Bonchev–Trinajstić information content (AvgIpc) is 3.07. The minimum atomic E-state index is -0.533. The smallest absolute Gasteiger partial charge is 0.357 e. The van der Waals surface area contributed by atoms with Crippen molar-refractivity contribution in [2.24, 2.45) is 0 Å². The van der Waals surface area contributed by atoms with Gasteiger partial charge in [0.25, 0.3) is 0 Å². The highest BCUT2D eigenvalue weighted by Gasteiger charge is 2.21. The van der Waals surface area contributed by atoms with E-state index in [4.69, 9.17) is 9.47 Å². The van der Waals surface area contributed by atoms with Gasteiger partial charge in [-0.2, -0.15) is 0 Å². The highest BCUT2D eigenvalue weighted by Crippen LogP contribution is 2.25. The zero-order valence-corrected chi connectivity index (χ0v) is 26.8. The van der Waals surface area contributed by atoms with E-state index < -0.39 is 21.2 Å². The van der Waals surface area contributed by atoms with Gasteiger partial charge in [-0.05, 0) is 82.9 Å². The van der Waals surface area contributed by atoms with E-state index in [9.17, 15) is 8.78 Å². The largest absolute Gasteiger partial charge is 0.489 e. The summed E-state index contributed by atoms with van der Waals surface area (Å²) in [6.45, 7) is 0.950. The van der Waals surface area contributed by atoms with Crippen LogP contribution in [0.5, 0.6) is 11.5 Å². The molecule has 0 aliphatic carbocycles. The molecule has 0 unspecified atom stereocenters. The lowest BCUT2D eigenvalue weighted by Crippen LogP contribution is -3.61. The summed E-state index contributed by atoms with van der Waals surface area (Å²) in [5.74, 6) is 1.17.